The minimum atomic E-state index is -4.74. The Kier molecular flexibility index (Phi) is 4.89. The van der Waals surface area contributed by atoms with Crippen LogP contribution >= 0.6 is 0 Å². The second-order valence-electron chi connectivity index (χ2n) is 5.61. The maximum atomic E-state index is 13.3. The standard InChI is InChI=1S/C16H14F3N5O2S/c17-16(18,19)14-7-13(27(20,25)26)5-6-15(14)22-8-11-1-3-12(4-2-11)24-10-21-9-23-24/h1-7,9-10,22H,8H2,(H2,20,25,26). The molecule has 1 aromatic heterocycles. The Morgan fingerprint density at radius 2 is 1.81 bits per heavy atom. The van der Waals surface area contributed by atoms with Crippen molar-refractivity contribution in [3.8, 4) is 5.69 Å². The van der Waals surface area contributed by atoms with Gasteiger partial charge in [0.1, 0.15) is 12.7 Å². The third kappa shape index (κ3) is 4.44. The van der Waals surface area contributed by atoms with Crippen molar-refractivity contribution in [3.05, 3.63) is 66.2 Å². The fourth-order valence-electron chi connectivity index (χ4n) is 2.39. The second-order valence-corrected chi connectivity index (χ2v) is 7.17. The molecular weight excluding hydrogens is 383 g/mol. The number of sulfonamides is 1. The first kappa shape index (κ1) is 18.9. The Bertz CT molecular complexity index is 1030. The van der Waals surface area contributed by atoms with E-state index in [1.54, 1.807) is 28.9 Å². The van der Waals surface area contributed by atoms with Gasteiger partial charge < -0.3 is 5.32 Å². The highest BCUT2D eigenvalue weighted by Gasteiger charge is 2.34. The number of nitrogens with one attached hydrogen (secondary N) is 1. The molecule has 0 fully saturated rings. The Labute approximate surface area is 152 Å². The highest BCUT2D eigenvalue weighted by Crippen LogP contribution is 2.36. The van der Waals surface area contributed by atoms with Gasteiger partial charge in [-0.1, -0.05) is 12.1 Å². The predicted octanol–water partition coefficient (Wildman–Crippen LogP) is 2.55. The average molecular weight is 397 g/mol. The molecular formula is C16H14F3N5O2S. The highest BCUT2D eigenvalue weighted by atomic mass is 32.2. The molecule has 11 heteroatoms. The van der Waals surface area contributed by atoms with Gasteiger partial charge in [-0.15, -0.1) is 0 Å². The van der Waals surface area contributed by atoms with E-state index in [-0.39, 0.29) is 12.2 Å². The lowest BCUT2D eigenvalue weighted by Gasteiger charge is -2.16. The number of nitrogens with zero attached hydrogens (tertiary/aromatic N) is 3. The molecule has 2 aromatic carbocycles. The summed E-state index contributed by atoms with van der Waals surface area (Å²) < 4.78 is 64.0. The lowest BCUT2D eigenvalue weighted by atomic mass is 10.1. The van der Waals surface area contributed by atoms with Crippen LogP contribution in [0.3, 0.4) is 0 Å². The van der Waals surface area contributed by atoms with Gasteiger partial charge in [0.15, 0.2) is 0 Å². The van der Waals surface area contributed by atoms with Crippen LogP contribution in [0.5, 0.6) is 0 Å². The molecule has 0 aliphatic rings. The van der Waals surface area contributed by atoms with Gasteiger partial charge >= 0.3 is 6.18 Å². The summed E-state index contributed by atoms with van der Waals surface area (Å²) >= 11 is 0. The SMILES string of the molecule is NS(=O)(=O)c1ccc(NCc2ccc(-n3cncn3)cc2)c(C(F)(F)F)c1. The molecule has 0 aliphatic carbocycles. The molecule has 142 valence electrons. The number of primary sulfonamides is 1. The van der Waals surface area contributed by atoms with E-state index in [0.29, 0.717) is 6.07 Å². The third-order valence-electron chi connectivity index (χ3n) is 3.73. The first-order valence-electron chi connectivity index (χ1n) is 7.56. The van der Waals surface area contributed by atoms with Gasteiger partial charge in [-0.05, 0) is 35.9 Å². The number of aromatic nitrogens is 3. The summed E-state index contributed by atoms with van der Waals surface area (Å²) in [6.45, 7) is 0.107. The maximum Gasteiger partial charge on any atom is 0.418 e. The summed E-state index contributed by atoms with van der Waals surface area (Å²) in [5.74, 6) is 0. The van der Waals surface area contributed by atoms with Crippen molar-refractivity contribution in [1.82, 2.24) is 14.8 Å². The zero-order valence-electron chi connectivity index (χ0n) is 13.7. The van der Waals surface area contributed by atoms with Gasteiger partial charge in [0.2, 0.25) is 10.0 Å². The van der Waals surface area contributed by atoms with Crippen LogP contribution in [0.1, 0.15) is 11.1 Å². The number of alkyl halides is 3. The zero-order valence-corrected chi connectivity index (χ0v) is 14.5. The quantitative estimate of drug-likeness (QED) is 0.689. The fraction of sp³-hybridized carbons (Fsp3) is 0.125. The topological polar surface area (TPSA) is 103 Å². The van der Waals surface area contributed by atoms with Crippen LogP contribution in [-0.2, 0) is 22.7 Å². The largest absolute Gasteiger partial charge is 0.418 e. The summed E-state index contributed by atoms with van der Waals surface area (Å²) in [4.78, 5) is 3.24. The smallest absolute Gasteiger partial charge is 0.380 e. The molecule has 0 unspecified atom stereocenters. The van der Waals surface area contributed by atoms with E-state index in [4.69, 9.17) is 5.14 Å². The summed E-state index contributed by atoms with van der Waals surface area (Å²) in [5, 5.41) is 11.6. The summed E-state index contributed by atoms with van der Waals surface area (Å²) in [6.07, 6.45) is -1.82. The van der Waals surface area contributed by atoms with Crippen LogP contribution in [0.25, 0.3) is 5.69 Å². The molecule has 1 heterocycles. The van der Waals surface area contributed by atoms with Gasteiger partial charge in [-0.25, -0.2) is 23.2 Å². The molecule has 0 saturated carbocycles. The van der Waals surface area contributed by atoms with E-state index in [1.165, 1.54) is 12.7 Å². The van der Waals surface area contributed by atoms with Gasteiger partial charge in [-0.2, -0.15) is 18.3 Å². The van der Waals surface area contributed by atoms with E-state index in [2.05, 4.69) is 15.4 Å². The van der Waals surface area contributed by atoms with Crippen LogP contribution in [0.15, 0.2) is 60.0 Å². The molecule has 3 rings (SSSR count). The Morgan fingerprint density at radius 1 is 1.11 bits per heavy atom. The van der Waals surface area contributed by atoms with E-state index < -0.39 is 26.7 Å². The van der Waals surface area contributed by atoms with Crippen molar-refractivity contribution < 1.29 is 21.6 Å². The number of rotatable bonds is 5. The first-order chi connectivity index (χ1) is 12.6. The first-order valence-corrected chi connectivity index (χ1v) is 9.11. The van der Waals surface area contributed by atoms with Crippen molar-refractivity contribution in [1.29, 1.82) is 0 Å². The van der Waals surface area contributed by atoms with Gasteiger partial charge in [0.05, 0.1) is 16.1 Å². The number of halogens is 3. The zero-order chi connectivity index (χ0) is 19.7. The molecule has 0 radical (unpaired) electrons. The second kappa shape index (κ2) is 7.00. The number of hydrogen-bond donors (Lipinski definition) is 2. The lowest BCUT2D eigenvalue weighted by Crippen LogP contribution is -2.16. The Hall–Kier alpha value is -2.92. The van der Waals surface area contributed by atoms with Crippen molar-refractivity contribution in [3.63, 3.8) is 0 Å². The van der Waals surface area contributed by atoms with Crippen molar-refractivity contribution >= 4 is 15.7 Å². The summed E-state index contributed by atoms with van der Waals surface area (Å²) in [6, 6.07) is 9.56. The monoisotopic (exact) mass is 397 g/mol. The molecule has 27 heavy (non-hydrogen) atoms. The van der Waals surface area contributed by atoms with E-state index in [0.717, 1.165) is 23.4 Å². The molecule has 0 bridgehead atoms. The molecule has 7 nitrogen and oxygen atoms in total. The van der Waals surface area contributed by atoms with Gasteiger partial charge in [-0.3, -0.25) is 0 Å². The van der Waals surface area contributed by atoms with Gasteiger partial charge in [0, 0.05) is 12.2 Å². The highest BCUT2D eigenvalue weighted by molar-refractivity contribution is 7.89. The van der Waals surface area contributed by atoms with Crippen molar-refractivity contribution in [2.75, 3.05) is 5.32 Å². The normalized spacial score (nSPS) is 12.1. The van der Waals surface area contributed by atoms with Crippen LogP contribution in [-0.4, -0.2) is 23.2 Å². The minimum absolute atomic E-state index is 0.107. The fourth-order valence-corrected chi connectivity index (χ4v) is 2.93. The Morgan fingerprint density at radius 3 is 2.37 bits per heavy atom. The molecule has 0 aliphatic heterocycles. The number of benzene rings is 2. The maximum absolute atomic E-state index is 13.3. The molecule has 3 aromatic rings. The van der Waals surface area contributed by atoms with E-state index >= 15 is 0 Å². The predicted molar refractivity (Wildman–Crippen MR) is 91.5 cm³/mol. The molecule has 0 saturated heterocycles. The average Bonchev–Trinajstić information content (AvgIpc) is 3.13. The third-order valence-corrected chi connectivity index (χ3v) is 4.64. The van der Waals surface area contributed by atoms with Crippen LogP contribution < -0.4 is 10.5 Å². The van der Waals surface area contributed by atoms with Crippen molar-refractivity contribution in [2.24, 2.45) is 5.14 Å². The molecule has 0 amide bonds. The van der Waals surface area contributed by atoms with Crippen LogP contribution in [0.2, 0.25) is 0 Å². The summed E-state index contributed by atoms with van der Waals surface area (Å²) in [5.41, 5.74) is 0.135. The number of hydrogen-bond acceptors (Lipinski definition) is 5. The van der Waals surface area contributed by atoms with Crippen LogP contribution in [0, 0.1) is 0 Å². The number of anilines is 1. The summed E-state index contributed by atoms with van der Waals surface area (Å²) in [7, 11) is -4.24. The molecule has 0 atom stereocenters. The minimum Gasteiger partial charge on any atom is -0.380 e. The Balaban J connectivity index is 1.81. The van der Waals surface area contributed by atoms with Crippen LogP contribution in [0.4, 0.5) is 18.9 Å². The van der Waals surface area contributed by atoms with Crippen molar-refractivity contribution in [2.45, 2.75) is 17.6 Å². The molecule has 0 spiro atoms. The van der Waals surface area contributed by atoms with E-state index in [9.17, 15) is 21.6 Å². The number of nitrogens with two attached hydrogens (primary N) is 1. The van der Waals surface area contributed by atoms with E-state index in [1.807, 2.05) is 0 Å². The van der Waals surface area contributed by atoms with Gasteiger partial charge in [0.25, 0.3) is 0 Å². The molecule has 3 N–H and O–H groups in total. The lowest BCUT2D eigenvalue weighted by molar-refractivity contribution is -0.137.